The van der Waals surface area contributed by atoms with Crippen LogP contribution >= 0.6 is 0 Å². The highest BCUT2D eigenvalue weighted by Gasteiger charge is 2.17. The first kappa shape index (κ1) is 15.4. The minimum Gasteiger partial charge on any atom is -0.493 e. The molecule has 3 heteroatoms. The quantitative estimate of drug-likeness (QED) is 0.799. The van der Waals surface area contributed by atoms with Gasteiger partial charge in [0.2, 0.25) is 0 Å². The van der Waals surface area contributed by atoms with Crippen LogP contribution in [0.25, 0.3) is 0 Å². The first-order chi connectivity index (χ1) is 8.91. The number of hydrogen-bond acceptors (Lipinski definition) is 3. The van der Waals surface area contributed by atoms with E-state index in [0.29, 0.717) is 0 Å². The first-order valence-corrected chi connectivity index (χ1v) is 6.38. The molecule has 0 bridgehead atoms. The molecule has 0 aliphatic heterocycles. The zero-order valence-electron chi connectivity index (χ0n) is 12.4. The molecule has 0 spiro atoms. The van der Waals surface area contributed by atoms with Crippen LogP contribution in [0.4, 0.5) is 0 Å². The zero-order chi connectivity index (χ0) is 14.5. The fraction of sp³-hybridized carbons (Fsp3) is 0.500. The summed E-state index contributed by atoms with van der Waals surface area (Å²) in [5.74, 6) is 4.24. The van der Waals surface area contributed by atoms with Crippen LogP contribution in [0.3, 0.4) is 0 Å². The van der Waals surface area contributed by atoms with Crippen molar-refractivity contribution >= 4 is 0 Å². The number of ether oxygens (including phenoxy) is 2. The maximum Gasteiger partial charge on any atom is 0.160 e. The van der Waals surface area contributed by atoms with Crippen molar-refractivity contribution in [1.82, 2.24) is 5.32 Å². The predicted molar refractivity (Wildman–Crippen MR) is 78.8 cm³/mol. The molecule has 19 heavy (non-hydrogen) atoms. The Kier molecular flexibility index (Phi) is 5.26. The Labute approximate surface area is 116 Å². The van der Waals surface area contributed by atoms with Gasteiger partial charge in [-0.1, -0.05) is 12.0 Å². The number of nitrogens with one attached hydrogen (secondary N) is 1. The van der Waals surface area contributed by atoms with Gasteiger partial charge >= 0.3 is 0 Å². The van der Waals surface area contributed by atoms with Crippen molar-refractivity contribution in [3.05, 3.63) is 23.8 Å². The molecule has 1 rings (SSSR count). The summed E-state index contributed by atoms with van der Waals surface area (Å²) >= 11 is 0. The molecule has 104 valence electrons. The molecule has 0 saturated heterocycles. The van der Waals surface area contributed by atoms with Crippen LogP contribution in [0, 0.1) is 12.3 Å². The topological polar surface area (TPSA) is 30.5 Å². The van der Waals surface area contributed by atoms with E-state index in [2.05, 4.69) is 18.2 Å². The predicted octanol–water partition coefficient (Wildman–Crippen LogP) is 2.64. The van der Waals surface area contributed by atoms with Crippen molar-refractivity contribution in [1.29, 1.82) is 0 Å². The standard InChI is InChI=1S/C16H23NO2/c1-7-16(3,4)17-12(2)10-13-8-9-14(18-5)15(11-13)19-6/h1,8-9,11-12,17H,10H2,2-6H3. The average Bonchev–Trinajstić information content (AvgIpc) is 2.37. The van der Waals surface area contributed by atoms with Crippen LogP contribution < -0.4 is 14.8 Å². The summed E-state index contributed by atoms with van der Waals surface area (Å²) < 4.78 is 10.5. The van der Waals surface area contributed by atoms with E-state index in [1.54, 1.807) is 14.2 Å². The van der Waals surface area contributed by atoms with Crippen molar-refractivity contribution in [3.8, 4) is 23.8 Å². The molecular weight excluding hydrogens is 238 g/mol. The van der Waals surface area contributed by atoms with E-state index in [1.807, 2.05) is 32.0 Å². The van der Waals surface area contributed by atoms with E-state index >= 15 is 0 Å². The summed E-state index contributed by atoms with van der Waals surface area (Å²) in [6, 6.07) is 6.25. The molecule has 0 aromatic heterocycles. The van der Waals surface area contributed by atoms with Crippen molar-refractivity contribution in [3.63, 3.8) is 0 Å². The van der Waals surface area contributed by atoms with Crippen molar-refractivity contribution in [2.45, 2.75) is 38.8 Å². The third-order valence-corrected chi connectivity index (χ3v) is 2.96. The molecule has 1 aromatic carbocycles. The van der Waals surface area contributed by atoms with Gasteiger partial charge in [-0.05, 0) is 44.9 Å². The highest BCUT2D eigenvalue weighted by Crippen LogP contribution is 2.28. The Bertz CT molecular complexity index is 460. The van der Waals surface area contributed by atoms with E-state index in [4.69, 9.17) is 15.9 Å². The van der Waals surface area contributed by atoms with Gasteiger partial charge in [0.05, 0.1) is 19.8 Å². The second-order valence-corrected chi connectivity index (χ2v) is 5.21. The SMILES string of the molecule is C#CC(C)(C)NC(C)Cc1ccc(OC)c(OC)c1. The van der Waals surface area contributed by atoms with E-state index in [9.17, 15) is 0 Å². The second-order valence-electron chi connectivity index (χ2n) is 5.21. The molecule has 3 nitrogen and oxygen atoms in total. The molecule has 0 fully saturated rings. The summed E-state index contributed by atoms with van der Waals surface area (Å²) in [5.41, 5.74) is 0.890. The number of hydrogen-bond donors (Lipinski definition) is 1. The normalized spacial score (nSPS) is 12.6. The molecule has 0 heterocycles. The van der Waals surface area contributed by atoms with Crippen molar-refractivity contribution in [2.24, 2.45) is 0 Å². The van der Waals surface area contributed by atoms with Gasteiger partial charge in [-0.15, -0.1) is 6.42 Å². The van der Waals surface area contributed by atoms with Crippen LogP contribution in [-0.4, -0.2) is 25.8 Å². The van der Waals surface area contributed by atoms with Crippen molar-refractivity contribution < 1.29 is 9.47 Å². The molecule has 0 radical (unpaired) electrons. The molecule has 1 N–H and O–H groups in total. The number of methoxy groups -OCH3 is 2. The number of rotatable bonds is 6. The van der Waals surface area contributed by atoms with Gasteiger partial charge in [-0.2, -0.15) is 0 Å². The van der Waals surface area contributed by atoms with E-state index in [-0.39, 0.29) is 11.6 Å². The second kappa shape index (κ2) is 6.49. The monoisotopic (exact) mass is 261 g/mol. The van der Waals surface area contributed by atoms with Crippen LogP contribution in [0.2, 0.25) is 0 Å². The maximum absolute atomic E-state index is 5.48. The summed E-state index contributed by atoms with van der Waals surface area (Å²) in [5, 5.41) is 3.41. The minimum atomic E-state index is -0.296. The minimum absolute atomic E-state index is 0.282. The van der Waals surface area contributed by atoms with Gasteiger partial charge in [0, 0.05) is 6.04 Å². The first-order valence-electron chi connectivity index (χ1n) is 6.38. The highest BCUT2D eigenvalue weighted by atomic mass is 16.5. The van der Waals surface area contributed by atoms with Gasteiger partial charge in [0.1, 0.15) is 0 Å². The lowest BCUT2D eigenvalue weighted by molar-refractivity contribution is 0.354. The molecule has 1 unspecified atom stereocenters. The van der Waals surface area contributed by atoms with E-state index in [0.717, 1.165) is 17.9 Å². The highest BCUT2D eigenvalue weighted by molar-refractivity contribution is 5.43. The van der Waals surface area contributed by atoms with Crippen LogP contribution in [0.1, 0.15) is 26.3 Å². The lowest BCUT2D eigenvalue weighted by Gasteiger charge is -2.25. The van der Waals surface area contributed by atoms with Crippen LogP contribution in [0.15, 0.2) is 18.2 Å². The summed E-state index contributed by atoms with van der Waals surface area (Å²) in [6.07, 6.45) is 6.36. The summed E-state index contributed by atoms with van der Waals surface area (Å²) in [4.78, 5) is 0. The van der Waals surface area contributed by atoms with Gasteiger partial charge in [0.25, 0.3) is 0 Å². The van der Waals surface area contributed by atoms with Gasteiger partial charge in [-0.3, -0.25) is 5.32 Å². The lowest BCUT2D eigenvalue weighted by Crippen LogP contribution is -2.44. The summed E-state index contributed by atoms with van der Waals surface area (Å²) in [6.45, 7) is 6.12. The molecule has 0 aliphatic carbocycles. The van der Waals surface area contributed by atoms with Crippen molar-refractivity contribution in [2.75, 3.05) is 14.2 Å². The van der Waals surface area contributed by atoms with E-state index in [1.165, 1.54) is 5.56 Å². The fourth-order valence-corrected chi connectivity index (χ4v) is 2.07. The van der Waals surface area contributed by atoms with E-state index < -0.39 is 0 Å². The Hall–Kier alpha value is -1.66. The fourth-order valence-electron chi connectivity index (χ4n) is 2.07. The molecular formula is C16H23NO2. The molecule has 0 saturated carbocycles. The zero-order valence-corrected chi connectivity index (χ0v) is 12.4. The average molecular weight is 261 g/mol. The molecule has 0 aliphatic rings. The molecule has 1 aromatic rings. The Morgan fingerprint density at radius 3 is 2.42 bits per heavy atom. The Morgan fingerprint density at radius 1 is 1.26 bits per heavy atom. The Balaban J connectivity index is 2.75. The third kappa shape index (κ3) is 4.50. The number of terminal acetylenes is 1. The molecule has 0 amide bonds. The Morgan fingerprint density at radius 2 is 1.89 bits per heavy atom. The maximum atomic E-state index is 5.48. The lowest BCUT2D eigenvalue weighted by atomic mass is 10.0. The smallest absolute Gasteiger partial charge is 0.160 e. The van der Waals surface area contributed by atoms with Gasteiger partial charge in [-0.25, -0.2) is 0 Å². The largest absolute Gasteiger partial charge is 0.493 e. The third-order valence-electron chi connectivity index (χ3n) is 2.96. The van der Waals surface area contributed by atoms with Gasteiger partial charge in [0.15, 0.2) is 11.5 Å². The molecule has 1 atom stereocenters. The summed E-state index contributed by atoms with van der Waals surface area (Å²) in [7, 11) is 3.28. The number of benzene rings is 1. The van der Waals surface area contributed by atoms with Crippen LogP contribution in [0.5, 0.6) is 11.5 Å². The van der Waals surface area contributed by atoms with Crippen LogP contribution in [-0.2, 0) is 6.42 Å². The van der Waals surface area contributed by atoms with Gasteiger partial charge < -0.3 is 9.47 Å².